The lowest BCUT2D eigenvalue weighted by Gasteiger charge is -2.35. The molecule has 0 saturated carbocycles. The number of guanidine groups is 1. The van der Waals surface area contributed by atoms with Gasteiger partial charge in [0.2, 0.25) is 11.9 Å². The molecular weight excluding hydrogens is 420 g/mol. The largest absolute Gasteiger partial charge is 0.397 e. The summed E-state index contributed by atoms with van der Waals surface area (Å²) in [7, 11) is 1.72. The number of rotatable bonds is 7. The first-order valence-corrected chi connectivity index (χ1v) is 12.1. The third-order valence-corrected chi connectivity index (χ3v) is 7.01. The van der Waals surface area contributed by atoms with Gasteiger partial charge in [-0.3, -0.25) is 19.5 Å². The second-order valence-corrected chi connectivity index (χ2v) is 9.07. The average Bonchev–Trinajstić information content (AvgIpc) is 3.42. The number of anilines is 1. The minimum Gasteiger partial charge on any atom is -0.379 e. The summed E-state index contributed by atoms with van der Waals surface area (Å²) in [6, 6.07) is 7.80. The molecule has 1 aromatic carbocycles. The van der Waals surface area contributed by atoms with Crippen LogP contribution in [0.5, 0.6) is 0 Å². The Balaban J connectivity index is 1.33. The molecule has 0 bridgehead atoms. The Morgan fingerprint density at radius 2 is 1.85 bits per heavy atom. The first kappa shape index (κ1) is 22.0. The molecule has 2 fully saturated rings. The molecule has 1 unspecified atom stereocenters. The molecular formula is C24H33N6O3+. The van der Waals surface area contributed by atoms with Crippen LogP contribution in [0.25, 0.3) is 0 Å². The van der Waals surface area contributed by atoms with Crippen molar-refractivity contribution in [3.05, 3.63) is 29.8 Å². The lowest BCUT2D eigenvalue weighted by molar-refractivity contribution is -0.525. The number of carbonyl (C=O) groups is 2. The number of morpholine rings is 1. The molecule has 4 aliphatic heterocycles. The topological polar surface area (TPSA) is 71.7 Å². The number of hydrogen-bond donors (Lipinski definition) is 0. The molecule has 0 radical (unpaired) electrons. The maximum absolute atomic E-state index is 13.4. The number of benzene rings is 1. The fourth-order valence-electron chi connectivity index (χ4n) is 5.00. The summed E-state index contributed by atoms with van der Waals surface area (Å²) in [5.41, 5.74) is 2.41. The van der Waals surface area contributed by atoms with Gasteiger partial charge in [-0.05, 0) is 30.5 Å². The quantitative estimate of drug-likeness (QED) is 0.581. The Labute approximate surface area is 194 Å². The lowest BCUT2D eigenvalue weighted by atomic mass is 10.1. The lowest BCUT2D eigenvalue weighted by Crippen LogP contribution is -2.63. The number of likely N-dealkylation sites (N-methyl/N-ethyl adjacent to an activating group) is 1. The van der Waals surface area contributed by atoms with Crippen LogP contribution >= 0.6 is 0 Å². The molecule has 9 heteroatoms. The van der Waals surface area contributed by atoms with E-state index in [1.807, 2.05) is 4.58 Å². The van der Waals surface area contributed by atoms with Crippen molar-refractivity contribution in [2.75, 3.05) is 64.4 Å². The van der Waals surface area contributed by atoms with Crippen molar-refractivity contribution in [2.24, 2.45) is 4.99 Å². The fraction of sp³-hybridized carbons (Fsp3) is 0.583. The van der Waals surface area contributed by atoms with E-state index in [4.69, 9.17) is 9.73 Å². The molecule has 9 nitrogen and oxygen atoms in total. The van der Waals surface area contributed by atoms with Gasteiger partial charge in [-0.25, -0.2) is 14.3 Å². The van der Waals surface area contributed by atoms with E-state index in [1.54, 1.807) is 11.9 Å². The van der Waals surface area contributed by atoms with Crippen molar-refractivity contribution in [2.45, 2.75) is 32.2 Å². The third-order valence-electron chi connectivity index (χ3n) is 7.01. The van der Waals surface area contributed by atoms with Crippen LogP contribution in [-0.4, -0.2) is 109 Å². The number of aliphatic imine (C=N–C) groups is 1. The van der Waals surface area contributed by atoms with E-state index >= 15 is 0 Å². The summed E-state index contributed by atoms with van der Waals surface area (Å²) in [5.74, 6) is 1.13. The van der Waals surface area contributed by atoms with Crippen molar-refractivity contribution in [1.29, 1.82) is 0 Å². The highest BCUT2D eigenvalue weighted by Gasteiger charge is 2.55. The second kappa shape index (κ2) is 9.23. The van der Waals surface area contributed by atoms with E-state index in [2.05, 4.69) is 41.0 Å². The summed E-state index contributed by atoms with van der Waals surface area (Å²) in [6.45, 7) is 7.79. The highest BCUT2D eigenvalue weighted by Crippen LogP contribution is 2.27. The fourth-order valence-corrected chi connectivity index (χ4v) is 5.00. The monoisotopic (exact) mass is 453 g/mol. The first-order chi connectivity index (χ1) is 16.1. The van der Waals surface area contributed by atoms with E-state index in [9.17, 15) is 9.59 Å². The van der Waals surface area contributed by atoms with E-state index in [0.717, 1.165) is 37.7 Å². The van der Waals surface area contributed by atoms with Crippen LogP contribution in [0.1, 0.15) is 25.3 Å². The zero-order chi connectivity index (χ0) is 22.9. The number of imide groups is 1. The predicted octanol–water partition coefficient (Wildman–Crippen LogP) is 1.22. The van der Waals surface area contributed by atoms with Crippen LogP contribution in [-0.2, 0) is 16.0 Å². The van der Waals surface area contributed by atoms with Crippen molar-refractivity contribution < 1.29 is 18.9 Å². The highest BCUT2D eigenvalue weighted by molar-refractivity contribution is 6.24. The van der Waals surface area contributed by atoms with Gasteiger partial charge in [0.15, 0.2) is 0 Å². The van der Waals surface area contributed by atoms with E-state index in [-0.39, 0.29) is 11.9 Å². The molecule has 0 aromatic heterocycles. The summed E-state index contributed by atoms with van der Waals surface area (Å²) < 4.78 is 7.45. The summed E-state index contributed by atoms with van der Waals surface area (Å²) in [4.78, 5) is 38.6. The zero-order valence-corrected chi connectivity index (χ0v) is 19.6. The Hall–Kier alpha value is -2.78. The van der Waals surface area contributed by atoms with Gasteiger partial charge in [0, 0.05) is 33.2 Å². The summed E-state index contributed by atoms with van der Waals surface area (Å²) >= 11 is 0. The maximum Gasteiger partial charge on any atom is 0.397 e. The van der Waals surface area contributed by atoms with Crippen LogP contribution in [0, 0.1) is 0 Å². The Kier molecular flexibility index (Phi) is 6.16. The van der Waals surface area contributed by atoms with Crippen LogP contribution in [0.3, 0.4) is 0 Å². The Morgan fingerprint density at radius 3 is 2.58 bits per heavy atom. The van der Waals surface area contributed by atoms with Gasteiger partial charge in [0.05, 0.1) is 19.8 Å². The molecule has 0 N–H and O–H groups in total. The van der Waals surface area contributed by atoms with Gasteiger partial charge in [-0.15, -0.1) is 0 Å². The van der Waals surface area contributed by atoms with Crippen molar-refractivity contribution in [3.63, 3.8) is 0 Å². The SMILES string of the molecule is CCCCc1ccc(N2CC[N+]3=C2N=C2C3C(=O)N(CCN3CCOCC3)C(=O)N2C)cc1. The molecule has 5 rings (SSSR count). The van der Waals surface area contributed by atoms with Crippen LogP contribution in [0.4, 0.5) is 10.5 Å². The molecule has 33 heavy (non-hydrogen) atoms. The molecule has 1 atom stereocenters. The smallest absolute Gasteiger partial charge is 0.379 e. The van der Waals surface area contributed by atoms with Crippen molar-refractivity contribution >= 4 is 29.4 Å². The number of ether oxygens (including phenoxy) is 1. The molecule has 176 valence electrons. The third kappa shape index (κ3) is 4.04. The number of hydrogen-bond acceptors (Lipinski definition) is 6. The van der Waals surface area contributed by atoms with Crippen molar-refractivity contribution in [1.82, 2.24) is 14.7 Å². The average molecular weight is 454 g/mol. The molecule has 4 aliphatic rings. The number of amidine groups is 1. The zero-order valence-electron chi connectivity index (χ0n) is 19.6. The van der Waals surface area contributed by atoms with Gasteiger partial charge in [-0.2, -0.15) is 0 Å². The molecule has 0 aliphatic carbocycles. The minimum atomic E-state index is -0.527. The number of urea groups is 1. The number of unbranched alkanes of at least 4 members (excludes halogenated alkanes) is 1. The second-order valence-electron chi connectivity index (χ2n) is 9.07. The maximum atomic E-state index is 13.4. The number of carbonyl (C=O) groups excluding carboxylic acids is 2. The number of fused-ring (bicyclic) bond motifs is 2. The molecule has 0 spiro atoms. The molecule has 4 heterocycles. The molecule has 2 saturated heterocycles. The van der Waals surface area contributed by atoms with Crippen LogP contribution in [0.2, 0.25) is 0 Å². The minimum absolute atomic E-state index is 0.170. The predicted molar refractivity (Wildman–Crippen MR) is 126 cm³/mol. The van der Waals surface area contributed by atoms with E-state index in [0.29, 0.717) is 38.7 Å². The van der Waals surface area contributed by atoms with Crippen LogP contribution in [0.15, 0.2) is 29.3 Å². The first-order valence-electron chi connectivity index (χ1n) is 12.1. The van der Waals surface area contributed by atoms with E-state index < -0.39 is 6.04 Å². The van der Waals surface area contributed by atoms with E-state index in [1.165, 1.54) is 23.3 Å². The van der Waals surface area contributed by atoms with Gasteiger partial charge in [0.1, 0.15) is 12.2 Å². The number of nitrogens with zero attached hydrogens (tertiary/aromatic N) is 6. The standard InChI is InChI=1S/C24H33N6O3/c1-3-4-5-18-6-8-19(9-7-18)28-12-13-29-20-21(25-23(28)29)26(2)24(32)30(22(20)31)11-10-27-14-16-33-17-15-27/h6-9,20H,3-5,10-17H2,1-2H3/q+1. The van der Waals surface area contributed by atoms with Gasteiger partial charge in [-0.1, -0.05) is 30.5 Å². The summed E-state index contributed by atoms with van der Waals surface area (Å²) in [6.07, 6.45) is 3.46. The van der Waals surface area contributed by atoms with Gasteiger partial charge < -0.3 is 4.74 Å². The van der Waals surface area contributed by atoms with Gasteiger partial charge in [0.25, 0.3) is 5.91 Å². The summed E-state index contributed by atoms with van der Waals surface area (Å²) in [5, 5.41) is 0. The van der Waals surface area contributed by atoms with Crippen LogP contribution < -0.4 is 4.90 Å². The number of amides is 3. The highest BCUT2D eigenvalue weighted by atomic mass is 16.5. The molecule has 3 amide bonds. The molecule has 1 aromatic rings. The number of aryl methyl sites for hydroxylation is 1. The van der Waals surface area contributed by atoms with Gasteiger partial charge >= 0.3 is 12.0 Å². The Morgan fingerprint density at radius 1 is 1.09 bits per heavy atom. The normalized spacial score (nSPS) is 23.4. The van der Waals surface area contributed by atoms with Crippen molar-refractivity contribution in [3.8, 4) is 0 Å². The Bertz CT molecular complexity index is 982.